The molecule has 1 fully saturated rings. The number of amides is 1. The molecule has 4 rings (SSSR count). The minimum absolute atomic E-state index is 0.0875. The van der Waals surface area contributed by atoms with Crippen molar-refractivity contribution in [2.45, 2.75) is 20.0 Å². The van der Waals surface area contributed by atoms with Gasteiger partial charge in [-0.05, 0) is 0 Å². The number of primary amides is 1. The quantitative estimate of drug-likeness (QED) is 0.296. The summed E-state index contributed by atoms with van der Waals surface area (Å²) < 4.78 is 13.1. The maximum atomic E-state index is 11.5. The molecule has 0 aliphatic carbocycles. The number of carbonyl (C=O) groups excluding carboxylic acids is 1. The van der Waals surface area contributed by atoms with E-state index < -0.39 is 5.91 Å². The molecule has 1 saturated heterocycles. The predicted octanol–water partition coefficient (Wildman–Crippen LogP) is 1.43. The molecule has 1 aliphatic rings. The molecule has 10 heteroatoms. The van der Waals surface area contributed by atoms with Gasteiger partial charge in [0.15, 0.2) is 0 Å². The van der Waals surface area contributed by atoms with Crippen LogP contribution in [0.2, 0.25) is 0 Å². The predicted molar refractivity (Wildman–Crippen MR) is 123 cm³/mol. The molecule has 0 radical (unpaired) electrons. The molecule has 3 aromatic rings. The minimum atomic E-state index is -0.394. The number of hydrogen-bond acceptors (Lipinski definition) is 8. The van der Waals surface area contributed by atoms with Crippen LogP contribution in [-0.4, -0.2) is 79.8 Å². The monoisotopic (exact) mass is 505 g/mol. The first kappa shape index (κ1) is 22.7. The van der Waals surface area contributed by atoms with E-state index in [9.17, 15) is 9.90 Å². The van der Waals surface area contributed by atoms with Crippen LogP contribution in [0.15, 0.2) is 24.5 Å². The van der Waals surface area contributed by atoms with Crippen LogP contribution >= 0.6 is 0 Å². The molecule has 9 nitrogen and oxygen atoms in total. The van der Waals surface area contributed by atoms with E-state index >= 15 is 0 Å². The molecular formula is C22H27N5O4Se. The molecule has 0 spiro atoms. The summed E-state index contributed by atoms with van der Waals surface area (Å²) in [6.07, 6.45) is 2.36. The van der Waals surface area contributed by atoms with Gasteiger partial charge in [-0.3, -0.25) is 0 Å². The average molecular weight is 504 g/mol. The van der Waals surface area contributed by atoms with Crippen LogP contribution in [-0.2, 0) is 11.3 Å². The molecule has 1 amide bonds. The van der Waals surface area contributed by atoms with Crippen molar-refractivity contribution < 1.29 is 19.4 Å². The second-order valence-electron chi connectivity index (χ2n) is 7.58. The first-order chi connectivity index (χ1) is 15.5. The SMILES string of the molecule is Cc1[se]c(C(N)=O)cc1Nc1ncnc2cc(CO)c(OCCCN3CCOCC3)cc12. The third kappa shape index (κ3) is 5.28. The Morgan fingerprint density at radius 1 is 1.31 bits per heavy atom. The zero-order chi connectivity index (χ0) is 22.5. The Morgan fingerprint density at radius 2 is 2.12 bits per heavy atom. The number of aryl methyl sites for hydroxylation is 1. The number of anilines is 2. The van der Waals surface area contributed by atoms with Gasteiger partial charge < -0.3 is 4.74 Å². The molecule has 0 saturated carbocycles. The Bertz CT molecular complexity index is 1100. The summed E-state index contributed by atoms with van der Waals surface area (Å²) in [6, 6.07) is 5.48. The molecule has 170 valence electrons. The van der Waals surface area contributed by atoms with Crippen LogP contribution in [0, 0.1) is 6.92 Å². The zero-order valence-electron chi connectivity index (χ0n) is 18.0. The summed E-state index contributed by atoms with van der Waals surface area (Å²) in [5.41, 5.74) is 7.66. The number of morpholine rings is 1. The van der Waals surface area contributed by atoms with Crippen molar-refractivity contribution in [3.05, 3.63) is 39.0 Å². The van der Waals surface area contributed by atoms with E-state index in [1.807, 2.05) is 19.1 Å². The summed E-state index contributed by atoms with van der Waals surface area (Å²) in [7, 11) is 0. The van der Waals surface area contributed by atoms with E-state index in [-0.39, 0.29) is 21.1 Å². The van der Waals surface area contributed by atoms with Gasteiger partial charge in [-0.2, -0.15) is 0 Å². The number of nitrogens with one attached hydrogen (secondary N) is 1. The second kappa shape index (κ2) is 10.4. The summed E-state index contributed by atoms with van der Waals surface area (Å²) in [5.74, 6) is 0.841. The van der Waals surface area contributed by atoms with Crippen molar-refractivity contribution >= 4 is 42.8 Å². The fourth-order valence-electron chi connectivity index (χ4n) is 3.63. The third-order valence-corrected chi connectivity index (χ3v) is 7.62. The zero-order valence-corrected chi connectivity index (χ0v) is 19.7. The standard InChI is InChI=1S/C22H27N5O4Se/c1-14-17(11-20(32-14)21(23)29)26-22-16-10-19(15(12-28)9-18(16)24-13-25-22)31-6-2-3-27-4-7-30-8-5-27/h9-11,13,28H,2-8,12H2,1H3,(H2,23,29)(H,24,25,26). The van der Waals surface area contributed by atoms with Crippen LogP contribution in [0.1, 0.15) is 25.7 Å². The number of benzene rings is 1. The maximum absolute atomic E-state index is 11.5. The third-order valence-electron chi connectivity index (χ3n) is 5.38. The van der Waals surface area contributed by atoms with Gasteiger partial charge in [0.2, 0.25) is 0 Å². The van der Waals surface area contributed by atoms with Crippen LogP contribution in [0.25, 0.3) is 10.9 Å². The van der Waals surface area contributed by atoms with E-state index in [0.29, 0.717) is 33.7 Å². The number of aromatic nitrogens is 2. The van der Waals surface area contributed by atoms with E-state index in [4.69, 9.17) is 15.2 Å². The number of carbonyl (C=O) groups is 1. The van der Waals surface area contributed by atoms with E-state index in [0.717, 1.165) is 54.8 Å². The summed E-state index contributed by atoms with van der Waals surface area (Å²) in [5, 5.41) is 13.9. The average Bonchev–Trinajstić information content (AvgIpc) is 3.17. The summed E-state index contributed by atoms with van der Waals surface area (Å²) in [6.45, 7) is 6.80. The second-order valence-corrected chi connectivity index (χ2v) is 10.2. The number of nitrogens with two attached hydrogens (primary N) is 1. The van der Waals surface area contributed by atoms with Crippen molar-refractivity contribution in [2.24, 2.45) is 5.73 Å². The van der Waals surface area contributed by atoms with Gasteiger partial charge in [-0.1, -0.05) is 0 Å². The molecule has 0 unspecified atom stereocenters. The number of hydrogen-bond donors (Lipinski definition) is 3. The molecule has 1 aliphatic heterocycles. The number of nitrogens with zero attached hydrogens (tertiary/aromatic N) is 3. The Labute approximate surface area is 192 Å². The number of aliphatic hydroxyl groups excluding tert-OH is 1. The van der Waals surface area contributed by atoms with E-state index in [2.05, 4.69) is 20.2 Å². The van der Waals surface area contributed by atoms with Crippen LogP contribution < -0.4 is 15.8 Å². The molecule has 0 atom stereocenters. The Morgan fingerprint density at radius 3 is 2.84 bits per heavy atom. The fourth-order valence-corrected chi connectivity index (χ4v) is 5.37. The van der Waals surface area contributed by atoms with Gasteiger partial charge in [-0.25, -0.2) is 0 Å². The van der Waals surface area contributed by atoms with Crippen LogP contribution in [0.4, 0.5) is 11.5 Å². The van der Waals surface area contributed by atoms with Gasteiger partial charge in [0.25, 0.3) is 0 Å². The number of rotatable bonds is 9. The van der Waals surface area contributed by atoms with Gasteiger partial charge in [-0.15, -0.1) is 0 Å². The summed E-state index contributed by atoms with van der Waals surface area (Å²) in [4.78, 5) is 22.6. The molecule has 2 aromatic heterocycles. The normalized spacial score (nSPS) is 14.6. The van der Waals surface area contributed by atoms with Gasteiger partial charge in [0.05, 0.1) is 13.2 Å². The number of ether oxygens (including phenoxy) is 2. The number of fused-ring (bicyclic) bond motifs is 1. The van der Waals surface area contributed by atoms with Gasteiger partial charge >= 0.3 is 161 Å². The van der Waals surface area contributed by atoms with E-state index in [1.54, 1.807) is 6.07 Å². The first-order valence-corrected chi connectivity index (χ1v) is 12.2. The Kier molecular flexibility index (Phi) is 7.39. The molecule has 32 heavy (non-hydrogen) atoms. The van der Waals surface area contributed by atoms with Gasteiger partial charge in [0, 0.05) is 13.1 Å². The van der Waals surface area contributed by atoms with Crippen molar-refractivity contribution in [1.82, 2.24) is 14.9 Å². The molecular weight excluding hydrogens is 477 g/mol. The molecule has 0 bridgehead atoms. The Balaban J connectivity index is 1.52. The van der Waals surface area contributed by atoms with Crippen molar-refractivity contribution in [3.63, 3.8) is 0 Å². The van der Waals surface area contributed by atoms with Gasteiger partial charge in [0.1, 0.15) is 0 Å². The molecule has 4 N–H and O–H groups in total. The Hall–Kier alpha value is -2.49. The van der Waals surface area contributed by atoms with Crippen molar-refractivity contribution in [2.75, 3.05) is 44.8 Å². The first-order valence-electron chi connectivity index (χ1n) is 10.5. The number of aliphatic hydroxyl groups is 1. The topological polar surface area (TPSA) is 123 Å². The van der Waals surface area contributed by atoms with Crippen molar-refractivity contribution in [1.29, 1.82) is 0 Å². The summed E-state index contributed by atoms with van der Waals surface area (Å²) >= 11 is -0.0875. The molecule has 3 heterocycles. The van der Waals surface area contributed by atoms with E-state index in [1.165, 1.54) is 6.33 Å². The fraction of sp³-hybridized carbons (Fsp3) is 0.409. The van der Waals surface area contributed by atoms with Crippen LogP contribution in [0.5, 0.6) is 5.75 Å². The molecule has 1 aromatic carbocycles. The van der Waals surface area contributed by atoms with Crippen LogP contribution in [0.3, 0.4) is 0 Å². The van der Waals surface area contributed by atoms with Crippen molar-refractivity contribution in [3.8, 4) is 5.75 Å².